The van der Waals surface area contributed by atoms with Crippen LogP contribution in [-0.4, -0.2) is 34.4 Å². The smallest absolute Gasteiger partial charge is 0.305 e. The van der Waals surface area contributed by atoms with Crippen molar-refractivity contribution in [2.75, 3.05) is 11.9 Å². The van der Waals surface area contributed by atoms with E-state index in [1.54, 1.807) is 24.4 Å². The number of rotatable bonds is 7. The topological polar surface area (TPSA) is 108 Å². The van der Waals surface area contributed by atoms with Crippen molar-refractivity contribution >= 4 is 34.1 Å². The number of pyridine rings is 1. The van der Waals surface area contributed by atoms with E-state index < -0.39 is 11.9 Å². The molecule has 8 heteroatoms. The van der Waals surface area contributed by atoms with E-state index in [0.717, 1.165) is 11.3 Å². The van der Waals surface area contributed by atoms with Gasteiger partial charge < -0.3 is 15.7 Å². The van der Waals surface area contributed by atoms with E-state index >= 15 is 0 Å². The molecule has 2 aromatic heterocycles. The third-order valence-electron chi connectivity index (χ3n) is 3.15. The molecule has 2 aromatic rings. The van der Waals surface area contributed by atoms with Crippen molar-refractivity contribution in [2.24, 2.45) is 0 Å². The summed E-state index contributed by atoms with van der Waals surface area (Å²) in [6.07, 6.45) is 3.57. The normalized spacial score (nSPS) is 10.2. The van der Waals surface area contributed by atoms with Gasteiger partial charge in [-0.25, -0.2) is 0 Å². The minimum absolute atomic E-state index is 0.0292. The number of nitrogens with one attached hydrogen (secondary N) is 2. The molecule has 126 valence electrons. The van der Waals surface area contributed by atoms with Crippen LogP contribution in [-0.2, 0) is 11.2 Å². The van der Waals surface area contributed by atoms with Crippen LogP contribution >= 0.6 is 11.3 Å². The lowest BCUT2D eigenvalue weighted by atomic mass is 10.2. The Balaban J connectivity index is 2.14. The minimum Gasteiger partial charge on any atom is -0.481 e. The van der Waals surface area contributed by atoms with Crippen molar-refractivity contribution in [2.45, 2.75) is 19.8 Å². The maximum atomic E-state index is 12.2. The van der Waals surface area contributed by atoms with Crippen LogP contribution < -0.4 is 10.6 Å². The first kappa shape index (κ1) is 17.6. The highest BCUT2D eigenvalue weighted by Gasteiger charge is 2.18. The Morgan fingerprint density at radius 1 is 1.29 bits per heavy atom. The largest absolute Gasteiger partial charge is 0.481 e. The second-order valence-electron chi connectivity index (χ2n) is 4.90. The van der Waals surface area contributed by atoms with Crippen molar-refractivity contribution in [3.8, 4) is 0 Å². The van der Waals surface area contributed by atoms with E-state index in [4.69, 9.17) is 5.11 Å². The van der Waals surface area contributed by atoms with E-state index in [0.29, 0.717) is 16.1 Å². The molecular weight excluding hydrogens is 330 g/mol. The summed E-state index contributed by atoms with van der Waals surface area (Å²) in [6, 6.07) is 4.99. The Morgan fingerprint density at radius 2 is 2.08 bits per heavy atom. The number of carboxylic acids is 1. The van der Waals surface area contributed by atoms with E-state index in [9.17, 15) is 14.4 Å². The lowest BCUT2D eigenvalue weighted by Crippen LogP contribution is -2.26. The van der Waals surface area contributed by atoms with Crippen LogP contribution in [0.2, 0.25) is 0 Å². The zero-order valence-corrected chi connectivity index (χ0v) is 13.9. The molecule has 0 saturated heterocycles. The third-order valence-corrected chi connectivity index (χ3v) is 4.35. The molecule has 0 bridgehead atoms. The van der Waals surface area contributed by atoms with Crippen molar-refractivity contribution in [1.29, 1.82) is 0 Å². The Kier molecular flexibility index (Phi) is 6.02. The fourth-order valence-corrected chi connectivity index (χ4v) is 2.92. The first-order valence-corrected chi connectivity index (χ1v) is 8.17. The Morgan fingerprint density at radius 3 is 2.71 bits per heavy atom. The fourth-order valence-electron chi connectivity index (χ4n) is 1.93. The molecule has 0 aliphatic rings. The number of thiophene rings is 1. The van der Waals surface area contributed by atoms with Gasteiger partial charge in [-0.05, 0) is 24.6 Å². The number of carboxylic acid groups (broad SMARTS) is 1. The summed E-state index contributed by atoms with van der Waals surface area (Å²) in [7, 11) is 0. The van der Waals surface area contributed by atoms with Gasteiger partial charge in [0.1, 0.15) is 5.00 Å². The summed E-state index contributed by atoms with van der Waals surface area (Å²) in [5.74, 6) is -1.75. The van der Waals surface area contributed by atoms with Crippen LogP contribution in [0.1, 0.15) is 38.9 Å². The molecule has 0 aliphatic carbocycles. The molecule has 0 radical (unpaired) electrons. The van der Waals surface area contributed by atoms with Gasteiger partial charge in [0.05, 0.1) is 17.5 Å². The highest BCUT2D eigenvalue weighted by atomic mass is 32.1. The molecule has 0 fully saturated rings. The maximum Gasteiger partial charge on any atom is 0.305 e. The molecule has 24 heavy (non-hydrogen) atoms. The predicted molar refractivity (Wildman–Crippen MR) is 90.5 cm³/mol. The van der Waals surface area contributed by atoms with Crippen molar-refractivity contribution < 1.29 is 19.5 Å². The van der Waals surface area contributed by atoms with Crippen LogP contribution in [0.15, 0.2) is 30.6 Å². The minimum atomic E-state index is -0.986. The van der Waals surface area contributed by atoms with E-state index in [1.165, 1.54) is 17.5 Å². The number of hydrogen-bond donors (Lipinski definition) is 3. The molecule has 0 aliphatic heterocycles. The maximum absolute atomic E-state index is 12.2. The quantitative estimate of drug-likeness (QED) is 0.711. The summed E-state index contributed by atoms with van der Waals surface area (Å²) in [5, 5.41) is 14.3. The van der Waals surface area contributed by atoms with Crippen molar-refractivity contribution in [3.63, 3.8) is 0 Å². The number of nitrogens with zero attached hydrogens (tertiary/aromatic N) is 1. The van der Waals surface area contributed by atoms with Crippen molar-refractivity contribution in [1.82, 2.24) is 10.3 Å². The molecule has 0 unspecified atom stereocenters. The number of carbonyl (C=O) groups is 3. The van der Waals surface area contributed by atoms with Gasteiger partial charge in [0.15, 0.2) is 0 Å². The first-order valence-electron chi connectivity index (χ1n) is 7.35. The lowest BCUT2D eigenvalue weighted by molar-refractivity contribution is -0.136. The van der Waals surface area contributed by atoms with E-state index in [2.05, 4.69) is 15.6 Å². The summed E-state index contributed by atoms with van der Waals surface area (Å²) >= 11 is 1.32. The van der Waals surface area contributed by atoms with Gasteiger partial charge >= 0.3 is 5.97 Å². The molecule has 0 spiro atoms. The predicted octanol–water partition coefficient (Wildman–Crippen LogP) is 2.16. The zero-order valence-electron chi connectivity index (χ0n) is 13.0. The number of aliphatic carboxylic acids is 1. The molecule has 2 rings (SSSR count). The number of anilines is 1. The second-order valence-corrected chi connectivity index (χ2v) is 6.04. The number of aromatic nitrogens is 1. The van der Waals surface area contributed by atoms with Crippen LogP contribution in [0.4, 0.5) is 5.00 Å². The van der Waals surface area contributed by atoms with Gasteiger partial charge in [0.25, 0.3) is 11.8 Å². The number of carbonyl (C=O) groups excluding carboxylic acids is 2. The summed E-state index contributed by atoms with van der Waals surface area (Å²) in [5.41, 5.74) is 0.723. The van der Waals surface area contributed by atoms with Gasteiger partial charge in [0.2, 0.25) is 0 Å². The van der Waals surface area contributed by atoms with Gasteiger partial charge in [0, 0.05) is 23.8 Å². The van der Waals surface area contributed by atoms with Gasteiger partial charge in [-0.2, -0.15) is 0 Å². The summed E-state index contributed by atoms with van der Waals surface area (Å²) in [6.45, 7) is 1.98. The van der Waals surface area contributed by atoms with Gasteiger partial charge in [-0.15, -0.1) is 11.3 Å². The Labute approximate surface area is 142 Å². The molecule has 7 nitrogen and oxygen atoms in total. The summed E-state index contributed by atoms with van der Waals surface area (Å²) < 4.78 is 0. The van der Waals surface area contributed by atoms with Crippen LogP contribution in [0.5, 0.6) is 0 Å². The third kappa shape index (κ3) is 4.63. The van der Waals surface area contributed by atoms with E-state index in [-0.39, 0.29) is 18.9 Å². The van der Waals surface area contributed by atoms with Crippen molar-refractivity contribution in [3.05, 3.63) is 46.6 Å². The standard InChI is InChI=1S/C16H17N3O4S/c1-2-11-8-12(15(23)18-7-5-13(20)21)16(24-11)19-14(22)10-4-3-6-17-9-10/h3-4,6,8-9H,2,5,7H2,1H3,(H,18,23)(H,19,22)(H,20,21). The highest BCUT2D eigenvalue weighted by Crippen LogP contribution is 2.29. The molecule has 2 heterocycles. The van der Waals surface area contributed by atoms with Crippen LogP contribution in [0.3, 0.4) is 0 Å². The molecule has 3 N–H and O–H groups in total. The monoisotopic (exact) mass is 347 g/mol. The first-order chi connectivity index (χ1) is 11.5. The summed E-state index contributed by atoms with van der Waals surface area (Å²) in [4.78, 5) is 39.8. The number of hydrogen-bond acceptors (Lipinski definition) is 5. The fraction of sp³-hybridized carbons (Fsp3) is 0.250. The van der Waals surface area contributed by atoms with Gasteiger partial charge in [-0.3, -0.25) is 19.4 Å². The van der Waals surface area contributed by atoms with Crippen LogP contribution in [0.25, 0.3) is 0 Å². The highest BCUT2D eigenvalue weighted by molar-refractivity contribution is 7.16. The second kappa shape index (κ2) is 8.21. The zero-order chi connectivity index (χ0) is 17.5. The molecule has 0 aromatic carbocycles. The average Bonchev–Trinajstić information content (AvgIpc) is 2.98. The number of amides is 2. The van der Waals surface area contributed by atoms with Crippen LogP contribution in [0, 0.1) is 0 Å². The lowest BCUT2D eigenvalue weighted by Gasteiger charge is -2.06. The van der Waals surface area contributed by atoms with Gasteiger partial charge in [-0.1, -0.05) is 6.92 Å². The average molecular weight is 347 g/mol. The molecular formula is C16H17N3O4S. The number of aryl methyl sites for hydroxylation is 1. The molecule has 0 saturated carbocycles. The van der Waals surface area contributed by atoms with E-state index in [1.807, 2.05) is 6.92 Å². The Hall–Kier alpha value is -2.74. The Bertz CT molecular complexity index is 743. The molecule has 2 amide bonds. The molecule has 0 atom stereocenters. The SMILES string of the molecule is CCc1cc(C(=O)NCCC(=O)O)c(NC(=O)c2cccnc2)s1.